The molecule has 33 heavy (non-hydrogen) atoms. The van der Waals surface area contributed by atoms with Crippen LogP contribution in [0.4, 0.5) is 14.9 Å². The second kappa shape index (κ2) is 11.6. The Balaban J connectivity index is 0.00000306. The molecule has 0 radical (unpaired) electrons. The van der Waals surface area contributed by atoms with Gasteiger partial charge in [-0.25, -0.2) is 9.18 Å². The molecule has 2 aromatic rings. The normalized spacial score (nSPS) is 21.8. The lowest BCUT2D eigenvalue weighted by Crippen LogP contribution is -2.54. The van der Waals surface area contributed by atoms with Crippen molar-refractivity contribution in [2.45, 2.75) is 45.1 Å². The van der Waals surface area contributed by atoms with E-state index >= 15 is 0 Å². The van der Waals surface area contributed by atoms with Crippen LogP contribution in [0.1, 0.15) is 48.5 Å². The summed E-state index contributed by atoms with van der Waals surface area (Å²) in [5.74, 6) is 1.17. The molecule has 3 aliphatic rings. The van der Waals surface area contributed by atoms with Crippen LogP contribution in [0.15, 0.2) is 48.5 Å². The molecule has 178 valence electrons. The molecule has 2 amide bonds. The average Bonchev–Trinajstić information content (AvgIpc) is 2.79. The topological polar surface area (TPSA) is 61.4 Å². The van der Waals surface area contributed by atoms with Gasteiger partial charge in [0.25, 0.3) is 0 Å². The lowest BCUT2D eigenvalue weighted by atomic mass is 9.70. The van der Waals surface area contributed by atoms with Crippen molar-refractivity contribution in [2.24, 2.45) is 11.8 Å². The number of anilines is 1. The van der Waals surface area contributed by atoms with Crippen molar-refractivity contribution < 1.29 is 14.0 Å². The molecule has 2 aliphatic heterocycles. The number of carbonyl (C=O) groups is 2. The van der Waals surface area contributed by atoms with Gasteiger partial charge in [0.2, 0.25) is 0 Å². The predicted octanol–water partition coefficient (Wildman–Crippen LogP) is 5.30. The van der Waals surface area contributed by atoms with Crippen molar-refractivity contribution in [1.82, 2.24) is 10.2 Å². The van der Waals surface area contributed by atoms with E-state index in [1.165, 1.54) is 31.7 Å². The summed E-state index contributed by atoms with van der Waals surface area (Å²) in [7, 11) is 0. The Hall–Kier alpha value is -2.44. The third-order valence-electron chi connectivity index (χ3n) is 6.86. The van der Waals surface area contributed by atoms with Gasteiger partial charge >= 0.3 is 6.03 Å². The highest BCUT2D eigenvalue weighted by Crippen LogP contribution is 2.40. The third kappa shape index (κ3) is 6.78. The fourth-order valence-electron chi connectivity index (χ4n) is 5.33. The summed E-state index contributed by atoms with van der Waals surface area (Å²) in [6.45, 7) is 4.24. The van der Waals surface area contributed by atoms with Crippen molar-refractivity contribution >= 4 is 29.9 Å². The fraction of sp³-hybridized carbons (Fsp3) is 0.462. The number of amides is 2. The molecule has 2 saturated heterocycles. The summed E-state index contributed by atoms with van der Waals surface area (Å²) in [4.78, 5) is 26.3. The minimum atomic E-state index is -0.250. The van der Waals surface area contributed by atoms with Crippen LogP contribution >= 0.6 is 12.4 Å². The maximum atomic E-state index is 13.2. The molecule has 1 aliphatic carbocycles. The predicted molar refractivity (Wildman–Crippen MR) is 132 cm³/mol. The van der Waals surface area contributed by atoms with E-state index in [1.54, 1.807) is 36.4 Å². The Bertz CT molecular complexity index is 953. The lowest BCUT2D eigenvalue weighted by Gasteiger charge is -2.50. The van der Waals surface area contributed by atoms with Crippen molar-refractivity contribution in [3.63, 3.8) is 0 Å². The Morgan fingerprint density at radius 1 is 1.12 bits per heavy atom. The number of hydrogen-bond donors (Lipinski definition) is 2. The number of halogens is 2. The minimum absolute atomic E-state index is 0. The van der Waals surface area contributed by atoms with Gasteiger partial charge in [-0.1, -0.05) is 24.3 Å². The number of carbonyl (C=O) groups excluding carboxylic acids is 2. The van der Waals surface area contributed by atoms with E-state index in [9.17, 15) is 14.0 Å². The summed E-state index contributed by atoms with van der Waals surface area (Å²) in [5.41, 5.74) is 2.42. The van der Waals surface area contributed by atoms with Crippen LogP contribution in [-0.2, 0) is 6.42 Å². The molecule has 0 unspecified atom stereocenters. The summed E-state index contributed by atoms with van der Waals surface area (Å²) >= 11 is 0. The second-order valence-electron chi connectivity index (χ2n) is 9.20. The summed E-state index contributed by atoms with van der Waals surface area (Å²) in [6.07, 6.45) is 5.71. The number of rotatable bonds is 8. The van der Waals surface area contributed by atoms with E-state index in [-0.39, 0.29) is 30.0 Å². The molecule has 7 heteroatoms. The Labute approximate surface area is 201 Å². The monoisotopic (exact) mass is 473 g/mol. The van der Waals surface area contributed by atoms with E-state index in [0.29, 0.717) is 29.8 Å². The highest BCUT2D eigenvalue weighted by Gasteiger charge is 2.40. The second-order valence-corrected chi connectivity index (χ2v) is 9.20. The first-order valence-electron chi connectivity index (χ1n) is 11.6. The van der Waals surface area contributed by atoms with E-state index in [2.05, 4.69) is 15.5 Å². The first kappa shape index (κ1) is 25.2. The molecule has 5 nitrogen and oxygen atoms in total. The number of ketones is 1. The van der Waals surface area contributed by atoms with E-state index in [1.807, 2.05) is 12.1 Å². The molecular weight excluding hydrogens is 441 g/mol. The zero-order valence-electron chi connectivity index (χ0n) is 19.1. The number of fused-ring (bicyclic) bond motifs is 3. The van der Waals surface area contributed by atoms with Gasteiger partial charge < -0.3 is 10.6 Å². The largest absolute Gasteiger partial charge is 0.338 e. The first-order chi connectivity index (χ1) is 15.5. The molecule has 2 N–H and O–H groups in total. The van der Waals surface area contributed by atoms with Crippen molar-refractivity contribution in [1.29, 1.82) is 0 Å². The van der Waals surface area contributed by atoms with Gasteiger partial charge in [0, 0.05) is 36.9 Å². The number of hydrogen-bond acceptors (Lipinski definition) is 3. The SMILES string of the molecule is CC(=O)c1cccc(NC(=O)NCCCN2C[C@H]3CC[C@@H]2[C@@H](Cc2ccc(F)cc2)C3)c1.Cl. The smallest absolute Gasteiger partial charge is 0.319 e. The Morgan fingerprint density at radius 2 is 1.91 bits per heavy atom. The van der Waals surface area contributed by atoms with Gasteiger partial charge in [-0.3, -0.25) is 9.69 Å². The lowest BCUT2D eigenvalue weighted by molar-refractivity contribution is 0.000976. The first-order valence-corrected chi connectivity index (χ1v) is 11.6. The molecule has 2 aromatic carbocycles. The van der Waals surface area contributed by atoms with Crippen molar-refractivity contribution in [2.75, 3.05) is 25.0 Å². The highest BCUT2D eigenvalue weighted by molar-refractivity contribution is 5.96. The number of urea groups is 1. The van der Waals surface area contributed by atoms with Gasteiger partial charge in [0.1, 0.15) is 5.82 Å². The zero-order valence-corrected chi connectivity index (χ0v) is 19.9. The molecular formula is C26H33ClFN3O2. The van der Waals surface area contributed by atoms with E-state index in [4.69, 9.17) is 0 Å². The molecule has 0 spiro atoms. The molecule has 2 heterocycles. The van der Waals surface area contributed by atoms with Gasteiger partial charge in [0.15, 0.2) is 5.78 Å². The quantitative estimate of drug-likeness (QED) is 0.403. The molecule has 2 bridgehead atoms. The fourth-order valence-corrected chi connectivity index (χ4v) is 5.33. The summed E-state index contributed by atoms with van der Waals surface area (Å²) in [6, 6.07) is 14.2. The Kier molecular flexibility index (Phi) is 8.87. The average molecular weight is 474 g/mol. The van der Waals surface area contributed by atoms with Crippen LogP contribution in [0.2, 0.25) is 0 Å². The highest BCUT2D eigenvalue weighted by atomic mass is 35.5. The van der Waals surface area contributed by atoms with Gasteiger partial charge in [-0.15, -0.1) is 12.4 Å². The van der Waals surface area contributed by atoms with Crippen LogP contribution in [0.5, 0.6) is 0 Å². The molecule has 5 rings (SSSR count). The van der Waals surface area contributed by atoms with E-state index in [0.717, 1.165) is 31.8 Å². The zero-order chi connectivity index (χ0) is 22.5. The van der Waals surface area contributed by atoms with Crippen LogP contribution in [0, 0.1) is 17.7 Å². The summed E-state index contributed by atoms with van der Waals surface area (Å²) < 4.78 is 13.2. The molecule has 3 fully saturated rings. The summed E-state index contributed by atoms with van der Waals surface area (Å²) in [5, 5.41) is 5.72. The molecule has 0 aromatic heterocycles. The maximum absolute atomic E-state index is 13.2. The van der Waals surface area contributed by atoms with Gasteiger partial charge in [-0.2, -0.15) is 0 Å². The van der Waals surface area contributed by atoms with Crippen LogP contribution in [0.3, 0.4) is 0 Å². The number of benzene rings is 2. The number of piperidine rings is 2. The Morgan fingerprint density at radius 3 is 2.64 bits per heavy atom. The molecule has 3 atom stereocenters. The maximum Gasteiger partial charge on any atom is 0.319 e. The minimum Gasteiger partial charge on any atom is -0.338 e. The third-order valence-corrected chi connectivity index (χ3v) is 6.86. The van der Waals surface area contributed by atoms with Crippen LogP contribution in [0.25, 0.3) is 0 Å². The van der Waals surface area contributed by atoms with E-state index < -0.39 is 0 Å². The van der Waals surface area contributed by atoms with Gasteiger partial charge in [0.05, 0.1) is 0 Å². The number of nitrogens with one attached hydrogen (secondary N) is 2. The standard InChI is InChI=1S/C26H32FN3O2.ClH/c1-18(31)21-4-2-5-24(16-21)29-26(32)28-12-3-13-30-17-20-8-11-25(30)22(15-20)14-19-6-9-23(27)10-7-19;/h2,4-7,9-10,16,20,22,25H,3,8,11-15,17H2,1H3,(H2,28,29,32);1H/t20-,22-,25+;/m0./s1. The van der Waals surface area contributed by atoms with Crippen LogP contribution in [-0.4, -0.2) is 42.4 Å². The number of nitrogens with zero attached hydrogens (tertiary/aromatic N) is 1. The van der Waals surface area contributed by atoms with Crippen LogP contribution < -0.4 is 10.6 Å². The van der Waals surface area contributed by atoms with Crippen molar-refractivity contribution in [3.8, 4) is 0 Å². The molecule has 1 saturated carbocycles. The van der Waals surface area contributed by atoms with Gasteiger partial charge in [-0.05, 0) is 80.7 Å². The number of Topliss-reactive ketones (excluding diaryl/α,β-unsaturated/α-hetero) is 1. The van der Waals surface area contributed by atoms with Crippen molar-refractivity contribution in [3.05, 3.63) is 65.5 Å².